The molecule has 0 aliphatic carbocycles. The van der Waals surface area contributed by atoms with Gasteiger partial charge in [-0.05, 0) is 30.5 Å². The molecule has 1 amide bonds. The first-order valence-electron chi connectivity index (χ1n) is 5.20. The van der Waals surface area contributed by atoms with E-state index in [1.165, 1.54) is 0 Å². The van der Waals surface area contributed by atoms with Crippen LogP contribution in [0.4, 0.5) is 0 Å². The summed E-state index contributed by atoms with van der Waals surface area (Å²) in [7, 11) is 0. The Balaban J connectivity index is 2.70. The van der Waals surface area contributed by atoms with Gasteiger partial charge in [0.05, 0.1) is 0 Å². The van der Waals surface area contributed by atoms with Crippen molar-refractivity contribution in [2.24, 2.45) is 5.92 Å². The Labute approximate surface area is 104 Å². The number of halogens is 1. The zero-order valence-electron chi connectivity index (χ0n) is 9.46. The van der Waals surface area contributed by atoms with Crippen LogP contribution in [-0.4, -0.2) is 24.2 Å². The third kappa shape index (κ3) is 3.32. The summed E-state index contributed by atoms with van der Waals surface area (Å²) in [5.41, 5.74) is 1.59. The lowest BCUT2D eigenvalue weighted by atomic mass is 10.1. The lowest BCUT2D eigenvalue weighted by Gasteiger charge is -2.11. The third-order valence-corrected chi connectivity index (χ3v) is 3.29. The summed E-state index contributed by atoms with van der Waals surface area (Å²) in [5.74, 6) is -0.0180. The topological polar surface area (TPSA) is 49.3 Å². The quantitative estimate of drug-likeness (QED) is 0.890. The van der Waals surface area contributed by atoms with Gasteiger partial charge in [0, 0.05) is 23.2 Å². The molecule has 1 aromatic carbocycles. The second-order valence-electron chi connectivity index (χ2n) is 3.91. The van der Waals surface area contributed by atoms with Gasteiger partial charge in [-0.1, -0.05) is 28.9 Å². The molecular weight excluding hydrogens is 270 g/mol. The molecule has 0 aliphatic heterocycles. The summed E-state index contributed by atoms with van der Waals surface area (Å²) >= 11 is 3.39. The minimum atomic E-state index is -0.0981. The second kappa shape index (κ2) is 6.01. The molecule has 0 saturated heterocycles. The molecule has 1 rings (SSSR count). The van der Waals surface area contributed by atoms with Crippen molar-refractivity contribution >= 4 is 21.8 Å². The molecule has 0 aromatic heterocycles. The number of rotatable bonds is 4. The van der Waals surface area contributed by atoms with Crippen LogP contribution in [0.25, 0.3) is 0 Å². The van der Waals surface area contributed by atoms with Gasteiger partial charge in [0.1, 0.15) is 0 Å². The first-order valence-corrected chi connectivity index (χ1v) is 5.99. The molecule has 0 aliphatic rings. The SMILES string of the molecule is Cc1c(Br)cccc1C(=O)NCC(C)CO. The van der Waals surface area contributed by atoms with E-state index in [0.29, 0.717) is 12.1 Å². The van der Waals surface area contributed by atoms with Crippen LogP contribution in [-0.2, 0) is 0 Å². The van der Waals surface area contributed by atoms with Crippen molar-refractivity contribution < 1.29 is 9.90 Å². The number of hydrogen-bond donors (Lipinski definition) is 2. The molecule has 88 valence electrons. The monoisotopic (exact) mass is 285 g/mol. The molecule has 1 aromatic rings. The van der Waals surface area contributed by atoms with E-state index in [-0.39, 0.29) is 18.4 Å². The van der Waals surface area contributed by atoms with E-state index in [1.807, 2.05) is 26.0 Å². The van der Waals surface area contributed by atoms with Crippen molar-refractivity contribution in [3.8, 4) is 0 Å². The predicted molar refractivity (Wildman–Crippen MR) is 67.5 cm³/mol. The average Bonchev–Trinajstić information content (AvgIpc) is 2.29. The van der Waals surface area contributed by atoms with Gasteiger partial charge in [-0.3, -0.25) is 4.79 Å². The fraction of sp³-hybridized carbons (Fsp3) is 0.417. The van der Waals surface area contributed by atoms with Gasteiger partial charge in [-0.25, -0.2) is 0 Å². The Hall–Kier alpha value is -0.870. The largest absolute Gasteiger partial charge is 0.396 e. The molecule has 3 nitrogen and oxygen atoms in total. The zero-order chi connectivity index (χ0) is 12.1. The molecule has 0 radical (unpaired) electrons. The van der Waals surface area contributed by atoms with Crippen molar-refractivity contribution in [1.82, 2.24) is 5.32 Å². The average molecular weight is 286 g/mol. The van der Waals surface area contributed by atoms with E-state index >= 15 is 0 Å². The van der Waals surface area contributed by atoms with Gasteiger partial charge >= 0.3 is 0 Å². The van der Waals surface area contributed by atoms with Gasteiger partial charge < -0.3 is 10.4 Å². The molecule has 2 N–H and O–H groups in total. The highest BCUT2D eigenvalue weighted by atomic mass is 79.9. The van der Waals surface area contributed by atoms with Crippen LogP contribution in [0.5, 0.6) is 0 Å². The highest BCUT2D eigenvalue weighted by Crippen LogP contribution is 2.19. The second-order valence-corrected chi connectivity index (χ2v) is 4.76. The van der Waals surface area contributed by atoms with Crippen LogP contribution < -0.4 is 5.32 Å². The molecule has 0 bridgehead atoms. The van der Waals surface area contributed by atoms with E-state index in [4.69, 9.17) is 5.11 Å². The Morgan fingerprint density at radius 3 is 2.88 bits per heavy atom. The summed E-state index contributed by atoms with van der Waals surface area (Å²) in [6.07, 6.45) is 0. The maximum Gasteiger partial charge on any atom is 0.251 e. The Kier molecular flexibility index (Phi) is 4.96. The zero-order valence-corrected chi connectivity index (χ0v) is 11.0. The summed E-state index contributed by atoms with van der Waals surface area (Å²) in [6.45, 7) is 4.35. The highest BCUT2D eigenvalue weighted by Gasteiger charge is 2.11. The summed E-state index contributed by atoms with van der Waals surface area (Å²) in [6, 6.07) is 5.53. The van der Waals surface area contributed by atoms with Crippen LogP contribution in [0.15, 0.2) is 22.7 Å². The minimum absolute atomic E-state index is 0.0800. The van der Waals surface area contributed by atoms with Crippen molar-refractivity contribution in [3.05, 3.63) is 33.8 Å². The van der Waals surface area contributed by atoms with E-state index in [2.05, 4.69) is 21.2 Å². The van der Waals surface area contributed by atoms with E-state index in [1.54, 1.807) is 6.07 Å². The first-order chi connectivity index (χ1) is 7.56. The summed E-state index contributed by atoms with van der Waals surface area (Å²) in [5, 5.41) is 11.7. The number of aliphatic hydroxyl groups excluding tert-OH is 1. The Morgan fingerprint density at radius 1 is 1.56 bits per heavy atom. The molecule has 0 fully saturated rings. The first kappa shape index (κ1) is 13.2. The molecule has 16 heavy (non-hydrogen) atoms. The van der Waals surface area contributed by atoms with Gasteiger partial charge in [0.25, 0.3) is 5.91 Å². The van der Waals surface area contributed by atoms with Crippen molar-refractivity contribution in [2.45, 2.75) is 13.8 Å². The standard InChI is InChI=1S/C12H16BrNO2/c1-8(7-15)6-14-12(16)10-4-3-5-11(13)9(10)2/h3-5,8,15H,6-7H2,1-2H3,(H,14,16). The number of carbonyl (C=O) groups is 1. The van der Waals surface area contributed by atoms with Crippen LogP contribution in [0.2, 0.25) is 0 Å². The van der Waals surface area contributed by atoms with Gasteiger partial charge in [0.2, 0.25) is 0 Å². The number of amides is 1. The van der Waals surface area contributed by atoms with Crippen molar-refractivity contribution in [1.29, 1.82) is 0 Å². The van der Waals surface area contributed by atoms with Crippen molar-refractivity contribution in [2.75, 3.05) is 13.2 Å². The van der Waals surface area contributed by atoms with Gasteiger partial charge in [-0.2, -0.15) is 0 Å². The summed E-state index contributed by atoms with van der Waals surface area (Å²) in [4.78, 5) is 11.8. The van der Waals surface area contributed by atoms with Gasteiger partial charge in [-0.15, -0.1) is 0 Å². The smallest absolute Gasteiger partial charge is 0.251 e. The molecular formula is C12H16BrNO2. The fourth-order valence-electron chi connectivity index (χ4n) is 1.28. The fourth-order valence-corrected chi connectivity index (χ4v) is 1.65. The molecule has 0 spiro atoms. The van der Waals surface area contributed by atoms with E-state index in [9.17, 15) is 4.79 Å². The third-order valence-electron chi connectivity index (χ3n) is 2.44. The summed E-state index contributed by atoms with van der Waals surface area (Å²) < 4.78 is 0.926. The Bertz CT molecular complexity index is 379. The number of hydrogen-bond acceptors (Lipinski definition) is 2. The van der Waals surface area contributed by atoms with E-state index < -0.39 is 0 Å². The molecule has 1 unspecified atom stereocenters. The predicted octanol–water partition coefficient (Wildman–Crippen LogP) is 2.12. The van der Waals surface area contributed by atoms with Crippen LogP contribution in [0, 0.1) is 12.8 Å². The minimum Gasteiger partial charge on any atom is -0.396 e. The van der Waals surface area contributed by atoms with Crippen LogP contribution in [0.3, 0.4) is 0 Å². The lowest BCUT2D eigenvalue weighted by molar-refractivity contribution is 0.0941. The van der Waals surface area contributed by atoms with E-state index in [0.717, 1.165) is 10.0 Å². The molecule has 0 heterocycles. The van der Waals surface area contributed by atoms with Crippen LogP contribution in [0.1, 0.15) is 22.8 Å². The number of carbonyl (C=O) groups excluding carboxylic acids is 1. The highest BCUT2D eigenvalue weighted by molar-refractivity contribution is 9.10. The maximum absolute atomic E-state index is 11.8. The number of benzene rings is 1. The number of aliphatic hydroxyl groups is 1. The Morgan fingerprint density at radius 2 is 2.25 bits per heavy atom. The number of nitrogens with one attached hydrogen (secondary N) is 1. The molecule has 1 atom stereocenters. The van der Waals surface area contributed by atoms with Crippen molar-refractivity contribution in [3.63, 3.8) is 0 Å². The van der Waals surface area contributed by atoms with Crippen LogP contribution >= 0.6 is 15.9 Å². The lowest BCUT2D eigenvalue weighted by Crippen LogP contribution is -2.30. The maximum atomic E-state index is 11.8. The molecule has 0 saturated carbocycles. The normalized spacial score (nSPS) is 12.2. The van der Waals surface area contributed by atoms with Gasteiger partial charge in [0.15, 0.2) is 0 Å². The molecule has 4 heteroatoms.